The zero-order valence-electron chi connectivity index (χ0n) is 15.0. The van der Waals surface area contributed by atoms with Crippen molar-refractivity contribution in [1.82, 2.24) is 14.1 Å². The van der Waals surface area contributed by atoms with E-state index < -0.39 is 0 Å². The molecule has 28 heavy (non-hydrogen) atoms. The molecule has 0 bridgehead atoms. The largest absolute Gasteiger partial charge is 0.348 e. The maximum Gasteiger partial charge on any atom is 0.266 e. The number of fused-ring (bicyclic) bond motifs is 1. The van der Waals surface area contributed by atoms with Gasteiger partial charge >= 0.3 is 0 Å². The first kappa shape index (κ1) is 18.5. The monoisotopic (exact) mass is 409 g/mol. The molecule has 0 aliphatic rings. The normalized spacial score (nSPS) is 11.1. The second-order valence-corrected chi connectivity index (χ2v) is 7.63. The summed E-state index contributed by atoms with van der Waals surface area (Å²) < 4.78 is 3.29. The van der Waals surface area contributed by atoms with Crippen molar-refractivity contribution in [2.24, 2.45) is 7.05 Å². The van der Waals surface area contributed by atoms with E-state index in [0.29, 0.717) is 32.5 Å². The van der Waals surface area contributed by atoms with Crippen LogP contribution >= 0.6 is 23.4 Å². The summed E-state index contributed by atoms with van der Waals surface area (Å²) in [5.41, 5.74) is 1.63. The minimum Gasteiger partial charge on any atom is -0.348 e. The van der Waals surface area contributed by atoms with E-state index >= 15 is 0 Å². The number of thioether (sulfide) groups is 1. The molecule has 0 atom stereocenters. The van der Waals surface area contributed by atoms with Crippen LogP contribution in [0, 0.1) is 0 Å². The van der Waals surface area contributed by atoms with Crippen LogP contribution in [0.5, 0.6) is 0 Å². The Morgan fingerprint density at radius 3 is 2.68 bits per heavy atom. The van der Waals surface area contributed by atoms with Crippen LogP contribution in [0.3, 0.4) is 0 Å². The number of aryl methyl sites for hydroxylation is 1. The van der Waals surface area contributed by atoms with Crippen LogP contribution in [0.1, 0.15) is 10.5 Å². The van der Waals surface area contributed by atoms with E-state index in [0.717, 1.165) is 0 Å². The van der Waals surface area contributed by atoms with Crippen LogP contribution < -0.4 is 5.56 Å². The molecule has 2 aromatic carbocycles. The number of ketones is 1. The maximum absolute atomic E-state index is 13.2. The average Bonchev–Trinajstić information content (AvgIpc) is 3.12. The van der Waals surface area contributed by atoms with E-state index in [1.54, 1.807) is 53.1 Å². The third-order valence-corrected chi connectivity index (χ3v) is 5.55. The lowest BCUT2D eigenvalue weighted by Gasteiger charge is -2.13. The highest BCUT2D eigenvalue weighted by atomic mass is 35.5. The van der Waals surface area contributed by atoms with E-state index in [4.69, 9.17) is 11.6 Å². The number of hydrogen-bond donors (Lipinski definition) is 0. The zero-order valence-corrected chi connectivity index (χ0v) is 16.6. The highest BCUT2D eigenvalue weighted by Crippen LogP contribution is 2.23. The van der Waals surface area contributed by atoms with Gasteiger partial charge in [0.05, 0.1) is 28.0 Å². The van der Waals surface area contributed by atoms with Crippen LogP contribution in [0.25, 0.3) is 16.6 Å². The quantitative estimate of drug-likeness (QED) is 0.279. The third-order valence-electron chi connectivity index (χ3n) is 4.37. The van der Waals surface area contributed by atoms with Gasteiger partial charge in [-0.3, -0.25) is 14.2 Å². The topological polar surface area (TPSA) is 56.9 Å². The van der Waals surface area contributed by atoms with Gasteiger partial charge in [0.2, 0.25) is 0 Å². The van der Waals surface area contributed by atoms with E-state index in [1.807, 2.05) is 25.4 Å². The summed E-state index contributed by atoms with van der Waals surface area (Å²) >= 11 is 7.37. The van der Waals surface area contributed by atoms with Gasteiger partial charge in [0.1, 0.15) is 0 Å². The minimum atomic E-state index is -0.193. The molecular formula is C21H16ClN3O2S. The summed E-state index contributed by atoms with van der Waals surface area (Å²) in [5.74, 6) is 0.140. The molecule has 0 fully saturated rings. The summed E-state index contributed by atoms with van der Waals surface area (Å²) in [6.07, 6.45) is 1.83. The SMILES string of the molecule is Cn1cccc1C(=O)CSc1nc2ccccc2c(=O)n1-c1cccc(Cl)c1. The number of carbonyl (C=O) groups excluding carboxylic acids is 1. The Hall–Kier alpha value is -2.83. The summed E-state index contributed by atoms with van der Waals surface area (Å²) in [6.45, 7) is 0. The number of aromatic nitrogens is 3. The highest BCUT2D eigenvalue weighted by Gasteiger charge is 2.16. The van der Waals surface area contributed by atoms with Crippen LogP contribution in [0.2, 0.25) is 5.02 Å². The van der Waals surface area contributed by atoms with Crippen LogP contribution in [0.15, 0.2) is 76.8 Å². The van der Waals surface area contributed by atoms with Crippen LogP contribution in [-0.4, -0.2) is 25.7 Å². The Morgan fingerprint density at radius 1 is 1.11 bits per heavy atom. The van der Waals surface area contributed by atoms with Gasteiger partial charge in [-0.1, -0.05) is 41.6 Å². The van der Waals surface area contributed by atoms with Gasteiger partial charge in [-0.15, -0.1) is 0 Å². The Kier molecular flexibility index (Phi) is 5.07. The fourth-order valence-electron chi connectivity index (χ4n) is 3.01. The molecule has 0 unspecified atom stereocenters. The molecule has 2 heterocycles. The van der Waals surface area contributed by atoms with Crippen molar-refractivity contribution < 1.29 is 4.79 Å². The van der Waals surface area contributed by atoms with Gasteiger partial charge < -0.3 is 4.57 Å². The highest BCUT2D eigenvalue weighted by molar-refractivity contribution is 7.99. The van der Waals surface area contributed by atoms with Crippen LogP contribution in [-0.2, 0) is 7.05 Å². The Balaban J connectivity index is 1.80. The van der Waals surface area contributed by atoms with E-state index in [-0.39, 0.29) is 17.1 Å². The van der Waals surface area contributed by atoms with Crippen molar-refractivity contribution in [2.45, 2.75) is 5.16 Å². The fraction of sp³-hybridized carbons (Fsp3) is 0.0952. The number of nitrogens with zero attached hydrogens (tertiary/aromatic N) is 3. The van der Waals surface area contributed by atoms with Gasteiger partial charge in [-0.25, -0.2) is 4.98 Å². The van der Waals surface area contributed by atoms with Crippen molar-refractivity contribution in [1.29, 1.82) is 0 Å². The summed E-state index contributed by atoms with van der Waals surface area (Å²) in [6, 6.07) is 17.8. The smallest absolute Gasteiger partial charge is 0.266 e. The lowest BCUT2D eigenvalue weighted by Crippen LogP contribution is -2.22. The molecule has 2 aromatic heterocycles. The molecule has 0 N–H and O–H groups in total. The summed E-state index contributed by atoms with van der Waals surface area (Å²) in [7, 11) is 1.83. The minimum absolute atomic E-state index is 0.0300. The third kappa shape index (κ3) is 3.48. The summed E-state index contributed by atoms with van der Waals surface area (Å²) in [5, 5.41) is 1.49. The molecule has 0 saturated heterocycles. The first-order chi connectivity index (χ1) is 13.5. The predicted octanol–water partition coefficient (Wildman–Crippen LogP) is 4.35. The number of hydrogen-bond acceptors (Lipinski definition) is 4. The molecule has 0 spiro atoms. The molecule has 4 rings (SSSR count). The van der Waals surface area contributed by atoms with Crippen molar-refractivity contribution in [3.63, 3.8) is 0 Å². The Morgan fingerprint density at radius 2 is 1.93 bits per heavy atom. The molecule has 0 aliphatic carbocycles. The fourth-order valence-corrected chi connectivity index (χ4v) is 4.08. The molecule has 7 heteroatoms. The first-order valence-electron chi connectivity index (χ1n) is 8.59. The van der Waals surface area contributed by atoms with E-state index in [1.165, 1.54) is 16.3 Å². The maximum atomic E-state index is 13.2. The van der Waals surface area contributed by atoms with Crippen molar-refractivity contribution in [3.05, 3.63) is 87.9 Å². The Labute approximate surface area is 170 Å². The van der Waals surface area contributed by atoms with E-state index in [9.17, 15) is 9.59 Å². The molecule has 0 amide bonds. The van der Waals surface area contributed by atoms with Crippen molar-refractivity contribution in [2.75, 3.05) is 5.75 Å². The molecule has 0 radical (unpaired) electrons. The van der Waals surface area contributed by atoms with Gasteiger partial charge in [0.25, 0.3) is 5.56 Å². The van der Waals surface area contributed by atoms with Gasteiger partial charge in [0, 0.05) is 18.3 Å². The Bertz CT molecular complexity index is 1250. The number of carbonyl (C=O) groups is 1. The molecule has 0 saturated carbocycles. The van der Waals surface area contributed by atoms with Crippen LogP contribution in [0.4, 0.5) is 0 Å². The molecular weight excluding hydrogens is 394 g/mol. The number of halogens is 1. The average molecular weight is 410 g/mol. The standard InChI is InChI=1S/C21H16ClN3O2S/c1-24-11-5-10-18(24)19(26)13-28-21-23-17-9-3-2-8-16(17)20(27)25(21)15-7-4-6-14(22)12-15/h2-12H,13H2,1H3. The zero-order chi connectivity index (χ0) is 19.7. The van der Waals surface area contributed by atoms with Gasteiger partial charge in [0.15, 0.2) is 10.9 Å². The first-order valence-corrected chi connectivity index (χ1v) is 9.96. The lowest BCUT2D eigenvalue weighted by atomic mass is 10.2. The van der Waals surface area contributed by atoms with Crippen molar-refractivity contribution in [3.8, 4) is 5.69 Å². The van der Waals surface area contributed by atoms with Gasteiger partial charge in [-0.05, 0) is 42.5 Å². The molecule has 5 nitrogen and oxygen atoms in total. The number of rotatable bonds is 5. The predicted molar refractivity (Wildman–Crippen MR) is 113 cm³/mol. The number of para-hydroxylation sites is 1. The van der Waals surface area contributed by atoms with E-state index in [2.05, 4.69) is 4.98 Å². The number of Topliss-reactive ketones (excluding diaryl/α,β-unsaturated/α-hetero) is 1. The molecule has 4 aromatic rings. The summed E-state index contributed by atoms with van der Waals surface area (Å²) in [4.78, 5) is 30.4. The lowest BCUT2D eigenvalue weighted by molar-refractivity contribution is 0.101. The second kappa shape index (κ2) is 7.66. The molecule has 140 valence electrons. The van der Waals surface area contributed by atoms with Gasteiger partial charge in [-0.2, -0.15) is 0 Å². The molecule has 0 aliphatic heterocycles. The number of benzene rings is 2. The second-order valence-electron chi connectivity index (χ2n) is 6.25. The van der Waals surface area contributed by atoms with Crippen molar-refractivity contribution >= 4 is 40.0 Å².